The molecule has 5 nitrogen and oxygen atoms in total. The summed E-state index contributed by atoms with van der Waals surface area (Å²) in [5, 5.41) is 0. The number of carbonyl (C=O) groups excluding carboxylic acids is 1. The second kappa shape index (κ2) is 9.18. The summed E-state index contributed by atoms with van der Waals surface area (Å²) >= 11 is 3.46. The normalized spacial score (nSPS) is 14.4. The zero-order chi connectivity index (χ0) is 21.8. The largest absolute Gasteiger partial charge is 0.493 e. The Morgan fingerprint density at radius 2 is 1.87 bits per heavy atom. The van der Waals surface area contributed by atoms with Gasteiger partial charge in [-0.25, -0.2) is 9.79 Å². The molecule has 0 fully saturated rings. The second-order valence-corrected chi connectivity index (χ2v) is 7.90. The number of hydrogen-bond donors (Lipinski definition) is 0. The first kappa shape index (κ1) is 20.9. The predicted molar refractivity (Wildman–Crippen MR) is 123 cm³/mol. The van der Waals surface area contributed by atoms with Crippen LogP contribution >= 0.6 is 15.9 Å². The maximum atomic E-state index is 12.3. The van der Waals surface area contributed by atoms with Crippen LogP contribution in [-0.4, -0.2) is 19.0 Å². The minimum atomic E-state index is -0.479. The molecule has 1 aliphatic heterocycles. The van der Waals surface area contributed by atoms with Gasteiger partial charge in [-0.15, -0.1) is 0 Å². The van der Waals surface area contributed by atoms with Crippen LogP contribution in [0.4, 0.5) is 0 Å². The molecule has 3 aromatic rings. The molecule has 0 spiro atoms. The number of benzene rings is 3. The Hall–Kier alpha value is -3.38. The van der Waals surface area contributed by atoms with E-state index in [-0.39, 0.29) is 5.70 Å². The molecule has 4 rings (SSSR count). The minimum Gasteiger partial charge on any atom is -0.493 e. The van der Waals surface area contributed by atoms with Gasteiger partial charge in [0.1, 0.15) is 6.61 Å². The van der Waals surface area contributed by atoms with Gasteiger partial charge in [-0.1, -0.05) is 52.3 Å². The Labute approximate surface area is 189 Å². The first-order valence-corrected chi connectivity index (χ1v) is 10.5. The van der Waals surface area contributed by atoms with Gasteiger partial charge in [-0.2, -0.15) is 0 Å². The second-order valence-electron chi connectivity index (χ2n) is 6.98. The van der Waals surface area contributed by atoms with Gasteiger partial charge >= 0.3 is 5.97 Å². The predicted octanol–water partition coefficient (Wildman–Crippen LogP) is 5.69. The number of halogens is 1. The first-order chi connectivity index (χ1) is 15.0. The Morgan fingerprint density at radius 1 is 1.03 bits per heavy atom. The van der Waals surface area contributed by atoms with E-state index < -0.39 is 5.97 Å². The van der Waals surface area contributed by atoms with E-state index in [4.69, 9.17) is 14.2 Å². The van der Waals surface area contributed by atoms with Gasteiger partial charge in [0.15, 0.2) is 17.2 Å². The minimum absolute atomic E-state index is 0.239. The third kappa shape index (κ3) is 4.86. The highest BCUT2D eigenvalue weighted by atomic mass is 79.9. The molecule has 156 valence electrons. The average molecular weight is 478 g/mol. The molecule has 31 heavy (non-hydrogen) atoms. The van der Waals surface area contributed by atoms with Crippen LogP contribution in [0.5, 0.6) is 11.5 Å². The van der Waals surface area contributed by atoms with Crippen molar-refractivity contribution in [2.24, 2.45) is 4.99 Å². The fraction of sp³-hybridized carbons (Fsp3) is 0.120. The molecule has 6 heteroatoms. The molecule has 1 aliphatic rings. The van der Waals surface area contributed by atoms with Crippen LogP contribution in [0, 0.1) is 6.92 Å². The van der Waals surface area contributed by atoms with Crippen molar-refractivity contribution in [3.8, 4) is 11.5 Å². The summed E-state index contributed by atoms with van der Waals surface area (Å²) in [7, 11) is 1.58. The molecular formula is C25H20BrNO4. The number of aliphatic imine (C=N–C) groups is 1. The molecule has 0 N–H and O–H groups in total. The van der Waals surface area contributed by atoms with Crippen LogP contribution in [0.25, 0.3) is 6.08 Å². The van der Waals surface area contributed by atoms with Gasteiger partial charge in [0, 0.05) is 10.0 Å². The van der Waals surface area contributed by atoms with E-state index in [2.05, 4.69) is 20.9 Å². The van der Waals surface area contributed by atoms with E-state index >= 15 is 0 Å². The van der Waals surface area contributed by atoms with Gasteiger partial charge in [0.2, 0.25) is 5.90 Å². The number of aryl methyl sites for hydroxylation is 1. The number of carbonyl (C=O) groups is 1. The van der Waals surface area contributed by atoms with Crippen molar-refractivity contribution in [3.63, 3.8) is 0 Å². The van der Waals surface area contributed by atoms with Crippen LogP contribution in [0.2, 0.25) is 0 Å². The number of ether oxygens (including phenoxy) is 3. The van der Waals surface area contributed by atoms with E-state index in [9.17, 15) is 4.79 Å². The van der Waals surface area contributed by atoms with Gasteiger partial charge in [-0.3, -0.25) is 0 Å². The summed E-state index contributed by atoms with van der Waals surface area (Å²) < 4.78 is 17.8. The van der Waals surface area contributed by atoms with E-state index in [1.807, 2.05) is 67.6 Å². The standard InChI is InChI=1S/C25H20BrNO4/c1-16-6-3-4-9-20(16)24-27-21(25(28)31-24)13-17-10-11-22(23(14-17)29-2)30-15-18-7-5-8-19(26)12-18/h3-14H,15H2,1-2H3/b21-13-. The number of esters is 1. The maximum Gasteiger partial charge on any atom is 0.363 e. The van der Waals surface area contributed by atoms with Gasteiger partial charge < -0.3 is 14.2 Å². The first-order valence-electron chi connectivity index (χ1n) is 9.67. The molecule has 0 bridgehead atoms. The quantitative estimate of drug-likeness (QED) is 0.338. The highest BCUT2D eigenvalue weighted by molar-refractivity contribution is 9.10. The van der Waals surface area contributed by atoms with Crippen LogP contribution < -0.4 is 9.47 Å². The van der Waals surface area contributed by atoms with Crippen molar-refractivity contribution in [3.05, 3.63) is 99.2 Å². The molecule has 0 atom stereocenters. The van der Waals surface area contributed by atoms with E-state index in [0.29, 0.717) is 24.0 Å². The lowest BCUT2D eigenvalue weighted by Gasteiger charge is -2.11. The smallest absolute Gasteiger partial charge is 0.363 e. The molecule has 0 unspecified atom stereocenters. The number of cyclic esters (lactones) is 1. The van der Waals surface area contributed by atoms with Crippen molar-refractivity contribution in [2.45, 2.75) is 13.5 Å². The highest BCUT2D eigenvalue weighted by Crippen LogP contribution is 2.31. The number of rotatable bonds is 6. The molecule has 3 aromatic carbocycles. The van der Waals surface area contributed by atoms with Gasteiger partial charge in [0.05, 0.1) is 7.11 Å². The molecule has 0 amide bonds. The number of nitrogens with zero attached hydrogens (tertiary/aromatic N) is 1. The summed E-state index contributed by atoms with van der Waals surface area (Å²) in [5.74, 6) is 1.02. The van der Waals surface area contributed by atoms with Crippen molar-refractivity contribution < 1.29 is 19.0 Å². The topological polar surface area (TPSA) is 57.1 Å². The SMILES string of the molecule is COc1cc(/C=C2\N=C(c3ccccc3C)OC2=O)ccc1OCc1cccc(Br)c1. The Morgan fingerprint density at radius 3 is 2.65 bits per heavy atom. The third-order valence-electron chi connectivity index (χ3n) is 4.77. The summed E-state index contributed by atoms with van der Waals surface area (Å²) in [5.41, 5.74) is 3.82. The average Bonchev–Trinajstić information content (AvgIpc) is 3.13. The van der Waals surface area contributed by atoms with Crippen molar-refractivity contribution in [2.75, 3.05) is 7.11 Å². The molecule has 0 aromatic heterocycles. The summed E-state index contributed by atoms with van der Waals surface area (Å²) in [6.45, 7) is 2.36. The lowest BCUT2D eigenvalue weighted by atomic mass is 10.1. The van der Waals surface area contributed by atoms with E-state index in [0.717, 1.165) is 26.7 Å². The number of methoxy groups -OCH3 is 1. The van der Waals surface area contributed by atoms with Crippen molar-refractivity contribution >= 4 is 33.9 Å². The van der Waals surface area contributed by atoms with Crippen LogP contribution in [-0.2, 0) is 16.1 Å². The third-order valence-corrected chi connectivity index (χ3v) is 5.26. The Bertz CT molecular complexity index is 1200. The monoisotopic (exact) mass is 477 g/mol. The highest BCUT2D eigenvalue weighted by Gasteiger charge is 2.25. The molecule has 0 aliphatic carbocycles. The summed E-state index contributed by atoms with van der Waals surface area (Å²) in [4.78, 5) is 16.7. The Kier molecular flexibility index (Phi) is 6.18. The maximum absolute atomic E-state index is 12.3. The fourth-order valence-electron chi connectivity index (χ4n) is 3.18. The van der Waals surface area contributed by atoms with Crippen molar-refractivity contribution in [1.29, 1.82) is 0 Å². The van der Waals surface area contributed by atoms with Crippen LogP contribution in [0.15, 0.2) is 81.9 Å². The fourth-order valence-corrected chi connectivity index (χ4v) is 3.62. The van der Waals surface area contributed by atoms with Crippen molar-refractivity contribution in [1.82, 2.24) is 0 Å². The molecular weight excluding hydrogens is 458 g/mol. The molecule has 1 heterocycles. The van der Waals surface area contributed by atoms with Crippen LogP contribution in [0.3, 0.4) is 0 Å². The summed E-state index contributed by atoms with van der Waals surface area (Å²) in [6.07, 6.45) is 1.67. The lowest BCUT2D eigenvalue weighted by Crippen LogP contribution is -2.06. The van der Waals surface area contributed by atoms with Gasteiger partial charge in [-0.05, 0) is 60.0 Å². The molecule has 0 radical (unpaired) electrons. The molecule has 0 saturated carbocycles. The van der Waals surface area contributed by atoms with E-state index in [1.165, 1.54) is 0 Å². The van der Waals surface area contributed by atoms with E-state index in [1.54, 1.807) is 19.3 Å². The molecule has 0 saturated heterocycles. The van der Waals surface area contributed by atoms with Crippen LogP contribution in [0.1, 0.15) is 22.3 Å². The summed E-state index contributed by atoms with van der Waals surface area (Å²) in [6, 6.07) is 21.0. The zero-order valence-corrected chi connectivity index (χ0v) is 18.7. The number of hydrogen-bond acceptors (Lipinski definition) is 5. The van der Waals surface area contributed by atoms with Gasteiger partial charge in [0.25, 0.3) is 0 Å². The zero-order valence-electron chi connectivity index (χ0n) is 17.1. The lowest BCUT2D eigenvalue weighted by molar-refractivity contribution is -0.129. The Balaban J connectivity index is 1.55.